The topological polar surface area (TPSA) is 0 Å². The van der Waals surface area contributed by atoms with Crippen molar-refractivity contribution >= 4 is 21.6 Å². The minimum Gasteiger partial charge on any atom is -0.202 e. The lowest BCUT2D eigenvalue weighted by atomic mass is 10.3. The van der Waals surface area contributed by atoms with Crippen LogP contribution in [0, 0.1) is 58.2 Å². The number of benzene rings is 2. The molecule has 0 bridgehead atoms. The van der Waals surface area contributed by atoms with Gasteiger partial charge in [-0.05, 0) is 21.6 Å². The minimum absolute atomic E-state index is 0.400. The second-order valence-corrected chi connectivity index (χ2v) is 6.11. The highest BCUT2D eigenvalue weighted by Gasteiger charge is 2.29. The van der Waals surface area contributed by atoms with Gasteiger partial charge < -0.3 is 0 Å². The number of rotatable bonds is 3. The van der Waals surface area contributed by atoms with E-state index < -0.39 is 89.6 Å². The van der Waals surface area contributed by atoms with Crippen LogP contribution in [0.5, 0.6) is 0 Å². The molecule has 0 aliphatic carbocycles. The third kappa shape index (κ3) is 2.92. The number of hydrogen-bond acceptors (Lipinski definition) is 2. The predicted molar refractivity (Wildman–Crippen MR) is 64.2 cm³/mol. The SMILES string of the molecule is Fc1c(F)c(F)c(SSc2c(F)c(F)c(F)c(F)c2F)c(F)c1F. The summed E-state index contributed by atoms with van der Waals surface area (Å²) in [5, 5.41) is 0. The highest BCUT2D eigenvalue weighted by molar-refractivity contribution is 8.76. The van der Waals surface area contributed by atoms with E-state index >= 15 is 0 Å². The van der Waals surface area contributed by atoms with Gasteiger partial charge in [-0.1, -0.05) is 0 Å². The van der Waals surface area contributed by atoms with Gasteiger partial charge >= 0.3 is 0 Å². The maximum absolute atomic E-state index is 13.4. The van der Waals surface area contributed by atoms with Gasteiger partial charge in [-0.25, -0.2) is 43.9 Å². The summed E-state index contributed by atoms with van der Waals surface area (Å²) in [7, 11) is -0.801. The molecule has 0 aliphatic heterocycles. The van der Waals surface area contributed by atoms with Gasteiger partial charge in [0.2, 0.25) is 11.6 Å². The molecule has 2 rings (SSSR count). The first-order valence-electron chi connectivity index (χ1n) is 5.46. The van der Waals surface area contributed by atoms with Crippen molar-refractivity contribution in [2.75, 3.05) is 0 Å². The zero-order valence-corrected chi connectivity index (χ0v) is 12.2. The predicted octanol–water partition coefficient (Wildman–Crippen LogP) is 5.88. The van der Waals surface area contributed by atoms with Crippen molar-refractivity contribution in [3.63, 3.8) is 0 Å². The van der Waals surface area contributed by atoms with Crippen LogP contribution in [-0.4, -0.2) is 0 Å². The summed E-state index contributed by atoms with van der Waals surface area (Å²) in [5.41, 5.74) is 0. The molecule has 0 aliphatic rings. The molecule has 0 unspecified atom stereocenters. The maximum atomic E-state index is 13.4. The van der Waals surface area contributed by atoms with Gasteiger partial charge in [0.1, 0.15) is 0 Å². The average Bonchev–Trinajstić information content (AvgIpc) is 2.57. The molecule has 0 nitrogen and oxygen atoms in total. The van der Waals surface area contributed by atoms with Crippen molar-refractivity contribution in [1.29, 1.82) is 0 Å². The molecule has 0 amide bonds. The molecule has 0 atom stereocenters. The Balaban J connectivity index is 2.48. The van der Waals surface area contributed by atoms with Crippen LogP contribution in [0.1, 0.15) is 0 Å². The van der Waals surface area contributed by atoms with Gasteiger partial charge in [0.25, 0.3) is 0 Å². The van der Waals surface area contributed by atoms with Crippen LogP contribution < -0.4 is 0 Å². The van der Waals surface area contributed by atoms with E-state index in [9.17, 15) is 43.9 Å². The van der Waals surface area contributed by atoms with Gasteiger partial charge in [0, 0.05) is 0 Å². The van der Waals surface area contributed by atoms with Gasteiger partial charge in [-0.3, -0.25) is 0 Å². The van der Waals surface area contributed by atoms with Crippen LogP contribution in [0.2, 0.25) is 0 Å². The Morgan fingerprint density at radius 2 is 0.458 bits per heavy atom. The highest BCUT2D eigenvalue weighted by atomic mass is 33.1. The van der Waals surface area contributed by atoms with Crippen molar-refractivity contribution in [1.82, 2.24) is 0 Å². The zero-order chi connectivity index (χ0) is 18.3. The van der Waals surface area contributed by atoms with E-state index in [1.165, 1.54) is 0 Å². The van der Waals surface area contributed by atoms with Crippen LogP contribution in [0.4, 0.5) is 43.9 Å². The zero-order valence-electron chi connectivity index (χ0n) is 10.6. The lowest BCUT2D eigenvalue weighted by Crippen LogP contribution is -2.04. The molecule has 0 spiro atoms. The smallest absolute Gasteiger partial charge is 0.200 e. The molecule has 2 aromatic rings. The van der Waals surface area contributed by atoms with E-state index in [2.05, 4.69) is 0 Å². The third-order valence-corrected chi connectivity index (χ3v) is 4.93. The first-order chi connectivity index (χ1) is 11.1. The summed E-state index contributed by atoms with van der Waals surface area (Å²) in [6.07, 6.45) is 0. The number of halogens is 10. The average molecular weight is 398 g/mol. The first kappa shape index (κ1) is 18.8. The Hall–Kier alpha value is -1.56. The summed E-state index contributed by atoms with van der Waals surface area (Å²) in [4.78, 5) is -3.11. The fraction of sp³-hybridized carbons (Fsp3) is 0. The summed E-state index contributed by atoms with van der Waals surface area (Å²) in [5.74, 6) is -23.5. The van der Waals surface area contributed by atoms with Crippen molar-refractivity contribution in [2.24, 2.45) is 0 Å². The standard InChI is InChI=1S/C12F10S2/c13-1-3(15)7(19)11(8(20)4(1)16)23-24-12-9(21)5(17)2(14)6(18)10(12)22. The van der Waals surface area contributed by atoms with Crippen LogP contribution >= 0.6 is 21.6 Å². The molecule has 0 aromatic heterocycles. The van der Waals surface area contributed by atoms with E-state index in [0.29, 0.717) is 0 Å². The molecule has 24 heavy (non-hydrogen) atoms. The molecule has 0 radical (unpaired) electrons. The van der Waals surface area contributed by atoms with Gasteiger partial charge in [-0.2, -0.15) is 0 Å². The summed E-state index contributed by atoms with van der Waals surface area (Å²) in [6.45, 7) is 0. The van der Waals surface area contributed by atoms with E-state index in [-0.39, 0.29) is 0 Å². The second-order valence-electron chi connectivity index (χ2n) is 3.96. The van der Waals surface area contributed by atoms with Crippen LogP contribution in [0.3, 0.4) is 0 Å². The van der Waals surface area contributed by atoms with Crippen molar-refractivity contribution < 1.29 is 43.9 Å². The molecule has 2 aromatic carbocycles. The Morgan fingerprint density at radius 1 is 0.292 bits per heavy atom. The lowest BCUT2D eigenvalue weighted by Gasteiger charge is -2.09. The fourth-order valence-electron chi connectivity index (χ4n) is 1.40. The van der Waals surface area contributed by atoms with Crippen LogP contribution in [0.15, 0.2) is 9.79 Å². The lowest BCUT2D eigenvalue weighted by molar-refractivity contribution is 0.360. The Morgan fingerprint density at radius 3 is 0.667 bits per heavy atom. The van der Waals surface area contributed by atoms with Gasteiger partial charge in [0.15, 0.2) is 46.5 Å². The third-order valence-electron chi connectivity index (χ3n) is 2.55. The van der Waals surface area contributed by atoms with Crippen molar-refractivity contribution in [3.8, 4) is 0 Å². The van der Waals surface area contributed by atoms with Gasteiger partial charge in [0.05, 0.1) is 9.79 Å². The molecule has 0 saturated heterocycles. The Bertz CT molecular complexity index is 708. The summed E-state index contributed by atoms with van der Waals surface area (Å²) < 4.78 is 131. The first-order valence-corrected chi connectivity index (χ1v) is 7.61. The van der Waals surface area contributed by atoms with Crippen LogP contribution in [0.25, 0.3) is 0 Å². The minimum atomic E-state index is -2.46. The molecule has 0 heterocycles. The van der Waals surface area contributed by atoms with E-state index in [1.807, 2.05) is 0 Å². The largest absolute Gasteiger partial charge is 0.202 e. The van der Waals surface area contributed by atoms with Crippen molar-refractivity contribution in [3.05, 3.63) is 58.2 Å². The van der Waals surface area contributed by atoms with Crippen molar-refractivity contribution in [2.45, 2.75) is 9.79 Å². The Labute approximate surface area is 134 Å². The van der Waals surface area contributed by atoms with Gasteiger partial charge in [-0.15, -0.1) is 0 Å². The van der Waals surface area contributed by atoms with Crippen LogP contribution in [-0.2, 0) is 0 Å². The fourth-order valence-corrected chi connectivity index (χ4v) is 3.59. The maximum Gasteiger partial charge on any atom is 0.200 e. The molecule has 0 fully saturated rings. The summed E-state index contributed by atoms with van der Waals surface area (Å²) in [6, 6.07) is 0. The summed E-state index contributed by atoms with van der Waals surface area (Å²) >= 11 is 0. The molecule has 130 valence electrons. The second kappa shape index (κ2) is 6.75. The molecule has 12 heteroatoms. The molecular weight excluding hydrogens is 398 g/mol. The molecule has 0 N–H and O–H groups in total. The highest BCUT2D eigenvalue weighted by Crippen LogP contribution is 2.44. The number of hydrogen-bond donors (Lipinski definition) is 0. The van der Waals surface area contributed by atoms with E-state index in [4.69, 9.17) is 0 Å². The Kier molecular flexibility index (Phi) is 5.28. The normalized spacial score (nSPS) is 11.2. The van der Waals surface area contributed by atoms with E-state index in [1.54, 1.807) is 0 Å². The van der Waals surface area contributed by atoms with E-state index in [0.717, 1.165) is 0 Å². The molecular formula is C12F10S2. The molecule has 0 saturated carbocycles. The monoisotopic (exact) mass is 398 g/mol. The quantitative estimate of drug-likeness (QED) is 0.274.